The van der Waals surface area contributed by atoms with E-state index in [4.69, 9.17) is 4.18 Å². The third-order valence-electron chi connectivity index (χ3n) is 1.59. The van der Waals surface area contributed by atoms with E-state index in [1.165, 1.54) is 18.3 Å². The lowest BCUT2D eigenvalue weighted by molar-refractivity contribution is -0.133. The molecule has 0 saturated carbocycles. The summed E-state index contributed by atoms with van der Waals surface area (Å²) in [6, 6.07) is 2.60. The zero-order valence-corrected chi connectivity index (χ0v) is 9.22. The molecule has 1 aromatic heterocycles. The number of hydrogen-bond acceptors (Lipinski definition) is 4. The standard InChI is InChI=1S/C10H12FNO2S/c1-2-3-10(13)14-15-7-9-6-8(11)4-5-12-9/h4-6H,2-3,7H2,1H3. The number of halogens is 1. The van der Waals surface area contributed by atoms with Gasteiger partial charge in [-0.1, -0.05) is 6.92 Å². The number of rotatable bonds is 5. The molecule has 0 aromatic carbocycles. The van der Waals surface area contributed by atoms with E-state index in [1.54, 1.807) is 0 Å². The van der Waals surface area contributed by atoms with Gasteiger partial charge in [-0.25, -0.2) is 4.39 Å². The Kier molecular flexibility index (Phi) is 5.10. The van der Waals surface area contributed by atoms with Crippen molar-refractivity contribution in [1.82, 2.24) is 4.98 Å². The molecular formula is C10H12FNO2S. The van der Waals surface area contributed by atoms with Crippen LogP contribution in [0.3, 0.4) is 0 Å². The van der Waals surface area contributed by atoms with Gasteiger partial charge in [0.05, 0.1) is 23.5 Å². The Morgan fingerprint density at radius 1 is 1.67 bits per heavy atom. The van der Waals surface area contributed by atoms with Crippen LogP contribution in [0.25, 0.3) is 0 Å². The van der Waals surface area contributed by atoms with Crippen LogP contribution < -0.4 is 0 Å². The third-order valence-corrected chi connectivity index (χ3v) is 2.31. The Hall–Kier alpha value is -1.10. The molecule has 1 aromatic rings. The molecule has 3 nitrogen and oxygen atoms in total. The molecule has 0 aliphatic heterocycles. The first-order valence-corrected chi connectivity index (χ1v) is 5.56. The topological polar surface area (TPSA) is 39.2 Å². The second-order valence-electron chi connectivity index (χ2n) is 2.93. The van der Waals surface area contributed by atoms with Gasteiger partial charge in [-0.05, 0) is 18.6 Å². The fourth-order valence-electron chi connectivity index (χ4n) is 0.929. The maximum Gasteiger partial charge on any atom is 0.317 e. The van der Waals surface area contributed by atoms with Crippen molar-refractivity contribution in [2.45, 2.75) is 25.5 Å². The fourth-order valence-corrected chi connectivity index (χ4v) is 1.48. The highest BCUT2D eigenvalue weighted by molar-refractivity contribution is 7.94. The molecule has 0 atom stereocenters. The van der Waals surface area contributed by atoms with Crippen LogP contribution in [-0.2, 0) is 14.7 Å². The molecule has 0 fully saturated rings. The molecule has 0 N–H and O–H groups in total. The van der Waals surface area contributed by atoms with Crippen molar-refractivity contribution in [3.8, 4) is 0 Å². The van der Waals surface area contributed by atoms with Crippen molar-refractivity contribution in [3.05, 3.63) is 29.8 Å². The highest BCUT2D eigenvalue weighted by atomic mass is 32.2. The van der Waals surface area contributed by atoms with Crippen molar-refractivity contribution in [2.75, 3.05) is 0 Å². The SMILES string of the molecule is CCCC(=O)OSCc1cc(F)ccn1. The van der Waals surface area contributed by atoms with Gasteiger partial charge in [-0.2, -0.15) is 0 Å². The van der Waals surface area contributed by atoms with Gasteiger partial charge in [0.15, 0.2) is 0 Å². The van der Waals surface area contributed by atoms with E-state index in [-0.39, 0.29) is 11.8 Å². The summed E-state index contributed by atoms with van der Waals surface area (Å²) in [6.45, 7) is 1.90. The number of pyridine rings is 1. The summed E-state index contributed by atoms with van der Waals surface area (Å²) in [4.78, 5) is 14.9. The largest absolute Gasteiger partial charge is 0.391 e. The zero-order valence-electron chi connectivity index (χ0n) is 8.40. The van der Waals surface area contributed by atoms with E-state index < -0.39 is 0 Å². The lowest BCUT2D eigenvalue weighted by atomic mass is 10.4. The molecule has 0 amide bonds. The average Bonchev–Trinajstić information content (AvgIpc) is 2.18. The molecule has 1 rings (SSSR count). The van der Waals surface area contributed by atoms with Gasteiger partial charge in [0.1, 0.15) is 5.82 Å². The highest BCUT2D eigenvalue weighted by Crippen LogP contribution is 2.13. The third kappa shape index (κ3) is 4.78. The van der Waals surface area contributed by atoms with Crippen molar-refractivity contribution >= 4 is 18.0 Å². The Balaban J connectivity index is 2.28. The van der Waals surface area contributed by atoms with Crippen LogP contribution in [0.4, 0.5) is 4.39 Å². The van der Waals surface area contributed by atoms with Crippen LogP contribution in [0, 0.1) is 5.82 Å². The van der Waals surface area contributed by atoms with E-state index in [0.717, 1.165) is 18.5 Å². The Bertz CT molecular complexity index is 333. The molecule has 0 spiro atoms. The highest BCUT2D eigenvalue weighted by Gasteiger charge is 2.03. The van der Waals surface area contributed by atoms with Crippen LogP contribution in [0.15, 0.2) is 18.3 Å². The van der Waals surface area contributed by atoms with Crippen molar-refractivity contribution < 1.29 is 13.4 Å². The summed E-state index contributed by atoms with van der Waals surface area (Å²) in [5.41, 5.74) is 0.560. The minimum absolute atomic E-state index is 0.251. The normalized spacial score (nSPS) is 10.0. The van der Waals surface area contributed by atoms with Crippen molar-refractivity contribution in [2.24, 2.45) is 0 Å². The summed E-state index contributed by atoms with van der Waals surface area (Å²) in [6.07, 6.45) is 2.56. The van der Waals surface area contributed by atoms with Gasteiger partial charge in [-0.3, -0.25) is 9.78 Å². The first-order chi connectivity index (χ1) is 7.22. The lowest BCUT2D eigenvalue weighted by Gasteiger charge is -2.01. The minimum atomic E-state index is -0.333. The number of aromatic nitrogens is 1. The average molecular weight is 229 g/mol. The maximum atomic E-state index is 12.7. The molecule has 0 radical (unpaired) electrons. The van der Waals surface area contributed by atoms with Crippen LogP contribution in [0.5, 0.6) is 0 Å². The number of nitrogens with zero attached hydrogens (tertiary/aromatic N) is 1. The summed E-state index contributed by atoms with van der Waals surface area (Å²) < 4.78 is 17.6. The second kappa shape index (κ2) is 6.40. The summed E-state index contributed by atoms with van der Waals surface area (Å²) in [5, 5.41) is 0. The maximum absolute atomic E-state index is 12.7. The van der Waals surface area contributed by atoms with E-state index in [2.05, 4.69) is 4.98 Å². The van der Waals surface area contributed by atoms with Crippen LogP contribution in [0.2, 0.25) is 0 Å². The van der Waals surface area contributed by atoms with E-state index in [1.807, 2.05) is 6.92 Å². The molecule has 5 heteroatoms. The Morgan fingerprint density at radius 2 is 2.47 bits per heavy atom. The fraction of sp³-hybridized carbons (Fsp3) is 0.400. The monoisotopic (exact) mass is 229 g/mol. The van der Waals surface area contributed by atoms with Gasteiger partial charge >= 0.3 is 5.97 Å². The smallest absolute Gasteiger partial charge is 0.317 e. The Morgan fingerprint density at radius 3 is 3.13 bits per heavy atom. The second-order valence-corrected chi connectivity index (χ2v) is 3.62. The van der Waals surface area contributed by atoms with E-state index in [9.17, 15) is 9.18 Å². The zero-order chi connectivity index (χ0) is 11.1. The number of hydrogen-bond donors (Lipinski definition) is 0. The summed E-state index contributed by atoms with van der Waals surface area (Å²) >= 11 is 0.984. The van der Waals surface area contributed by atoms with E-state index in [0.29, 0.717) is 17.9 Å². The number of carbonyl (C=O) groups excluding carboxylic acids is 1. The Labute approximate surface area is 92.2 Å². The van der Waals surface area contributed by atoms with Gasteiger partial charge in [0.25, 0.3) is 0 Å². The first-order valence-electron chi connectivity index (χ1n) is 4.65. The van der Waals surface area contributed by atoms with Crippen molar-refractivity contribution in [3.63, 3.8) is 0 Å². The molecule has 82 valence electrons. The quantitative estimate of drug-likeness (QED) is 0.728. The molecule has 1 heterocycles. The molecule has 15 heavy (non-hydrogen) atoms. The molecule has 0 unspecified atom stereocenters. The minimum Gasteiger partial charge on any atom is -0.391 e. The van der Waals surface area contributed by atoms with Gasteiger partial charge < -0.3 is 4.18 Å². The van der Waals surface area contributed by atoms with Crippen LogP contribution in [-0.4, -0.2) is 11.0 Å². The molecular weight excluding hydrogens is 217 g/mol. The number of carbonyl (C=O) groups is 1. The first kappa shape index (κ1) is 12.0. The van der Waals surface area contributed by atoms with Crippen LogP contribution >= 0.6 is 12.0 Å². The molecule has 0 bridgehead atoms. The predicted octanol–water partition coefficient (Wildman–Crippen LogP) is 2.71. The van der Waals surface area contributed by atoms with E-state index >= 15 is 0 Å². The predicted molar refractivity (Wildman–Crippen MR) is 56.5 cm³/mol. The molecule has 0 aliphatic carbocycles. The van der Waals surface area contributed by atoms with Gasteiger partial charge in [0.2, 0.25) is 0 Å². The van der Waals surface area contributed by atoms with Crippen LogP contribution in [0.1, 0.15) is 25.5 Å². The summed E-state index contributed by atoms with van der Waals surface area (Å²) in [5.74, 6) is -0.216. The summed E-state index contributed by atoms with van der Waals surface area (Å²) in [7, 11) is 0. The molecule has 0 aliphatic rings. The lowest BCUT2D eigenvalue weighted by Crippen LogP contribution is -1.98. The molecule has 0 saturated heterocycles. The van der Waals surface area contributed by atoms with Crippen molar-refractivity contribution in [1.29, 1.82) is 0 Å². The van der Waals surface area contributed by atoms with Gasteiger partial charge in [-0.15, -0.1) is 0 Å². The van der Waals surface area contributed by atoms with Gasteiger partial charge in [0, 0.05) is 12.6 Å².